The lowest BCUT2D eigenvalue weighted by atomic mass is 10.3. The van der Waals surface area contributed by atoms with Gasteiger partial charge in [-0.05, 0) is 25.0 Å². The van der Waals surface area contributed by atoms with Gasteiger partial charge in [0, 0.05) is 25.8 Å². The predicted octanol–water partition coefficient (Wildman–Crippen LogP) is 3.37. The third-order valence-electron chi connectivity index (χ3n) is 3.07. The van der Waals surface area contributed by atoms with Crippen LogP contribution in [0.2, 0.25) is 5.02 Å². The summed E-state index contributed by atoms with van der Waals surface area (Å²) in [5.41, 5.74) is 0.549. The smallest absolute Gasteiger partial charge is 0.321 e. The van der Waals surface area contributed by atoms with Crippen LogP contribution in [0.5, 0.6) is 5.75 Å². The molecule has 5 nitrogen and oxygen atoms in total. The Hall–Kier alpha value is -1.46. The molecule has 0 unspecified atom stereocenters. The van der Waals surface area contributed by atoms with Crippen molar-refractivity contribution in [2.24, 2.45) is 0 Å². The van der Waals surface area contributed by atoms with Crippen LogP contribution in [0.3, 0.4) is 0 Å². The van der Waals surface area contributed by atoms with Crippen molar-refractivity contribution in [1.82, 2.24) is 4.90 Å². The van der Waals surface area contributed by atoms with Gasteiger partial charge >= 0.3 is 6.03 Å². The largest absolute Gasteiger partial charge is 0.497 e. The van der Waals surface area contributed by atoms with Gasteiger partial charge in [-0.15, -0.1) is 0 Å². The molecule has 0 bridgehead atoms. The molecular weight excluding hydrogens is 292 g/mol. The Morgan fingerprint density at radius 3 is 2.67 bits per heavy atom. The first-order valence-corrected chi connectivity index (χ1v) is 7.50. The van der Waals surface area contributed by atoms with Crippen molar-refractivity contribution >= 4 is 23.3 Å². The number of unbranched alkanes of at least 4 members (excludes halogenated alkanes) is 1. The lowest BCUT2D eigenvalue weighted by molar-refractivity contribution is 0.201. The van der Waals surface area contributed by atoms with E-state index in [0.29, 0.717) is 36.0 Å². The summed E-state index contributed by atoms with van der Waals surface area (Å²) in [7, 11) is 1.56. The van der Waals surface area contributed by atoms with E-state index in [2.05, 4.69) is 12.2 Å². The van der Waals surface area contributed by atoms with Crippen LogP contribution in [-0.2, 0) is 0 Å². The monoisotopic (exact) mass is 314 g/mol. The number of nitrogens with one attached hydrogen (secondary N) is 1. The van der Waals surface area contributed by atoms with E-state index >= 15 is 0 Å². The van der Waals surface area contributed by atoms with Crippen molar-refractivity contribution in [3.8, 4) is 5.75 Å². The van der Waals surface area contributed by atoms with E-state index in [4.69, 9.17) is 21.4 Å². The first-order valence-electron chi connectivity index (χ1n) is 7.12. The van der Waals surface area contributed by atoms with E-state index in [9.17, 15) is 4.79 Å². The molecule has 0 atom stereocenters. The van der Waals surface area contributed by atoms with E-state index in [-0.39, 0.29) is 12.6 Å². The van der Waals surface area contributed by atoms with Gasteiger partial charge < -0.3 is 20.1 Å². The number of ether oxygens (including phenoxy) is 1. The molecule has 0 heterocycles. The highest BCUT2D eigenvalue weighted by molar-refractivity contribution is 6.33. The van der Waals surface area contributed by atoms with Crippen LogP contribution in [0.1, 0.15) is 26.2 Å². The number of halogens is 1. The van der Waals surface area contributed by atoms with Crippen molar-refractivity contribution in [3.05, 3.63) is 23.2 Å². The maximum Gasteiger partial charge on any atom is 0.321 e. The number of amides is 2. The Morgan fingerprint density at radius 1 is 1.38 bits per heavy atom. The molecular formula is C15H23ClN2O3. The molecule has 2 amide bonds. The van der Waals surface area contributed by atoms with Gasteiger partial charge in [-0.2, -0.15) is 0 Å². The van der Waals surface area contributed by atoms with Crippen LogP contribution in [-0.4, -0.2) is 42.8 Å². The van der Waals surface area contributed by atoms with E-state index in [1.54, 1.807) is 30.2 Å². The van der Waals surface area contributed by atoms with Gasteiger partial charge in [0.2, 0.25) is 0 Å². The van der Waals surface area contributed by atoms with Crippen molar-refractivity contribution in [1.29, 1.82) is 0 Å². The number of methoxy groups -OCH3 is 1. The molecule has 0 spiro atoms. The summed E-state index contributed by atoms with van der Waals surface area (Å²) in [6.07, 6.45) is 2.49. The summed E-state index contributed by atoms with van der Waals surface area (Å²) in [5, 5.41) is 12.1. The molecule has 0 aliphatic rings. The van der Waals surface area contributed by atoms with Crippen molar-refractivity contribution < 1.29 is 14.6 Å². The zero-order chi connectivity index (χ0) is 15.7. The van der Waals surface area contributed by atoms with Crippen LogP contribution < -0.4 is 10.1 Å². The van der Waals surface area contributed by atoms with Gasteiger partial charge in [-0.25, -0.2) is 4.79 Å². The minimum absolute atomic E-state index is 0.0686. The number of carbonyl (C=O) groups excluding carboxylic acids is 1. The summed E-state index contributed by atoms with van der Waals surface area (Å²) in [5.74, 6) is 0.640. The topological polar surface area (TPSA) is 61.8 Å². The zero-order valence-electron chi connectivity index (χ0n) is 12.6. The molecule has 1 aromatic rings. The first kappa shape index (κ1) is 17.6. The third-order valence-corrected chi connectivity index (χ3v) is 3.39. The van der Waals surface area contributed by atoms with Crippen molar-refractivity contribution in [2.45, 2.75) is 26.2 Å². The molecule has 2 N–H and O–H groups in total. The maximum absolute atomic E-state index is 12.3. The number of rotatable bonds is 8. The summed E-state index contributed by atoms with van der Waals surface area (Å²) < 4.78 is 5.07. The fourth-order valence-corrected chi connectivity index (χ4v) is 2.06. The van der Waals surface area contributed by atoms with Crippen LogP contribution in [0.25, 0.3) is 0 Å². The Balaban J connectivity index is 2.70. The van der Waals surface area contributed by atoms with E-state index in [0.717, 1.165) is 12.8 Å². The number of anilines is 1. The summed E-state index contributed by atoms with van der Waals surface area (Å²) in [4.78, 5) is 14.0. The average molecular weight is 315 g/mol. The molecule has 0 saturated heterocycles. The van der Waals surface area contributed by atoms with Gasteiger partial charge in [-0.1, -0.05) is 24.9 Å². The van der Waals surface area contributed by atoms with Crippen LogP contribution in [0, 0.1) is 0 Å². The molecule has 0 fully saturated rings. The quantitative estimate of drug-likeness (QED) is 0.773. The second-order valence-corrected chi connectivity index (χ2v) is 5.10. The number of aliphatic hydroxyl groups is 1. The van der Waals surface area contributed by atoms with Gasteiger partial charge in [0.1, 0.15) is 5.75 Å². The molecule has 6 heteroatoms. The highest BCUT2D eigenvalue weighted by Crippen LogP contribution is 2.26. The molecule has 118 valence electrons. The van der Waals surface area contributed by atoms with E-state index < -0.39 is 0 Å². The molecule has 21 heavy (non-hydrogen) atoms. The predicted molar refractivity (Wildman–Crippen MR) is 85.2 cm³/mol. The average Bonchev–Trinajstić information content (AvgIpc) is 2.49. The maximum atomic E-state index is 12.3. The Morgan fingerprint density at radius 2 is 2.10 bits per heavy atom. The second kappa shape index (κ2) is 9.47. The molecule has 1 aromatic carbocycles. The molecule has 0 radical (unpaired) electrons. The fourth-order valence-electron chi connectivity index (χ4n) is 1.84. The van der Waals surface area contributed by atoms with Gasteiger partial charge in [0.25, 0.3) is 0 Å². The molecule has 0 aliphatic carbocycles. The number of hydrogen-bond donors (Lipinski definition) is 2. The van der Waals surface area contributed by atoms with Crippen LogP contribution in [0.15, 0.2) is 18.2 Å². The highest BCUT2D eigenvalue weighted by atomic mass is 35.5. The normalized spacial score (nSPS) is 10.3. The van der Waals surface area contributed by atoms with E-state index in [1.165, 1.54) is 0 Å². The highest BCUT2D eigenvalue weighted by Gasteiger charge is 2.14. The third kappa shape index (κ3) is 5.81. The SMILES string of the molecule is CCCCN(CCCO)C(=O)Nc1ccc(OC)cc1Cl. The Kier molecular flexibility index (Phi) is 7.93. The van der Waals surface area contributed by atoms with Gasteiger partial charge in [0.05, 0.1) is 17.8 Å². The first-order chi connectivity index (χ1) is 10.1. The van der Waals surface area contributed by atoms with Gasteiger partial charge in [0.15, 0.2) is 0 Å². The number of urea groups is 1. The van der Waals surface area contributed by atoms with E-state index in [1.807, 2.05) is 0 Å². The van der Waals surface area contributed by atoms with Crippen molar-refractivity contribution in [2.75, 3.05) is 32.1 Å². The molecule has 0 aromatic heterocycles. The Labute approximate surface area is 130 Å². The zero-order valence-corrected chi connectivity index (χ0v) is 13.3. The summed E-state index contributed by atoms with van der Waals surface area (Å²) in [6, 6.07) is 4.90. The second-order valence-electron chi connectivity index (χ2n) is 4.69. The molecule has 0 aliphatic heterocycles. The summed E-state index contributed by atoms with van der Waals surface area (Å²) in [6.45, 7) is 3.33. The number of carbonyl (C=O) groups is 1. The minimum atomic E-state index is -0.205. The number of benzene rings is 1. The van der Waals surface area contributed by atoms with Crippen LogP contribution in [0.4, 0.5) is 10.5 Å². The lowest BCUT2D eigenvalue weighted by Gasteiger charge is -2.23. The Bertz CT molecular complexity index is 447. The lowest BCUT2D eigenvalue weighted by Crippen LogP contribution is -2.36. The van der Waals surface area contributed by atoms with Gasteiger partial charge in [-0.3, -0.25) is 0 Å². The minimum Gasteiger partial charge on any atom is -0.497 e. The number of hydrogen-bond acceptors (Lipinski definition) is 3. The standard InChI is InChI=1S/C15H23ClN2O3/c1-3-4-8-18(9-5-10-19)15(20)17-14-7-6-12(21-2)11-13(14)16/h6-7,11,19H,3-5,8-10H2,1-2H3,(H,17,20). The molecule has 0 saturated carbocycles. The number of nitrogens with zero attached hydrogens (tertiary/aromatic N) is 1. The molecule has 1 rings (SSSR count). The van der Waals surface area contributed by atoms with Crippen LogP contribution >= 0.6 is 11.6 Å². The fraction of sp³-hybridized carbons (Fsp3) is 0.533. The number of aliphatic hydroxyl groups excluding tert-OH is 1. The summed E-state index contributed by atoms with van der Waals surface area (Å²) >= 11 is 6.11. The van der Waals surface area contributed by atoms with Crippen molar-refractivity contribution in [3.63, 3.8) is 0 Å².